The van der Waals surface area contributed by atoms with Crippen LogP contribution in [0.1, 0.15) is 35.4 Å². The minimum absolute atomic E-state index is 0.0775. The van der Waals surface area contributed by atoms with Gasteiger partial charge in [0.15, 0.2) is 5.76 Å². The number of benzene rings is 1. The first-order valence-corrected chi connectivity index (χ1v) is 7.75. The van der Waals surface area contributed by atoms with Crippen molar-refractivity contribution < 1.29 is 9.21 Å². The average molecular weight is 284 g/mol. The molecule has 1 atom stereocenters. The highest BCUT2D eigenvalue weighted by atomic mass is 16.3. The van der Waals surface area contributed by atoms with Gasteiger partial charge in [0.25, 0.3) is 5.91 Å². The second-order valence-electron chi connectivity index (χ2n) is 6.24. The van der Waals surface area contributed by atoms with Gasteiger partial charge in [0, 0.05) is 36.1 Å². The minimum Gasteiger partial charge on any atom is -0.451 e. The van der Waals surface area contributed by atoms with E-state index in [0.717, 1.165) is 42.1 Å². The second-order valence-corrected chi connectivity index (χ2v) is 6.24. The van der Waals surface area contributed by atoms with Crippen LogP contribution in [-0.4, -0.2) is 36.0 Å². The topological polar surface area (TPSA) is 45.5 Å². The van der Waals surface area contributed by atoms with Gasteiger partial charge in [-0.3, -0.25) is 9.69 Å². The average Bonchev–Trinajstić information content (AvgIpc) is 3.15. The first kappa shape index (κ1) is 12.9. The van der Waals surface area contributed by atoms with Crippen LogP contribution in [0.5, 0.6) is 0 Å². The SMILES string of the molecule is Cc1c(C(=O)NC2CCN(C3CC3)C2)oc2ccccc12. The fourth-order valence-corrected chi connectivity index (χ4v) is 3.32. The summed E-state index contributed by atoms with van der Waals surface area (Å²) in [4.78, 5) is 15.0. The number of para-hydroxylation sites is 1. The van der Waals surface area contributed by atoms with E-state index in [1.807, 2.05) is 31.2 Å². The lowest BCUT2D eigenvalue weighted by Gasteiger charge is -2.15. The lowest BCUT2D eigenvalue weighted by atomic mass is 10.1. The van der Waals surface area contributed by atoms with E-state index < -0.39 is 0 Å². The number of likely N-dealkylation sites (tertiary alicyclic amines) is 1. The molecule has 2 fully saturated rings. The zero-order valence-corrected chi connectivity index (χ0v) is 12.3. The zero-order chi connectivity index (χ0) is 14.4. The highest BCUT2D eigenvalue weighted by molar-refractivity contribution is 5.99. The Morgan fingerprint density at radius 2 is 2.10 bits per heavy atom. The van der Waals surface area contributed by atoms with Crippen molar-refractivity contribution in [1.29, 1.82) is 0 Å². The zero-order valence-electron chi connectivity index (χ0n) is 12.3. The predicted molar refractivity (Wildman–Crippen MR) is 81.4 cm³/mol. The van der Waals surface area contributed by atoms with Crippen LogP contribution in [-0.2, 0) is 0 Å². The highest BCUT2D eigenvalue weighted by Gasteiger charge is 2.35. The highest BCUT2D eigenvalue weighted by Crippen LogP contribution is 2.30. The monoisotopic (exact) mass is 284 g/mol. The Kier molecular flexibility index (Phi) is 3.00. The van der Waals surface area contributed by atoms with Crippen molar-refractivity contribution in [3.8, 4) is 0 Å². The third kappa shape index (κ3) is 2.33. The smallest absolute Gasteiger partial charge is 0.287 e. The van der Waals surface area contributed by atoms with Crippen molar-refractivity contribution in [2.45, 2.75) is 38.3 Å². The molecule has 1 aromatic heterocycles. The molecule has 4 rings (SSSR count). The second kappa shape index (κ2) is 4.88. The molecular weight excluding hydrogens is 264 g/mol. The van der Waals surface area contributed by atoms with Gasteiger partial charge in [-0.1, -0.05) is 18.2 Å². The van der Waals surface area contributed by atoms with Crippen molar-refractivity contribution in [3.63, 3.8) is 0 Å². The molecule has 0 spiro atoms. The molecule has 21 heavy (non-hydrogen) atoms. The molecule has 0 bridgehead atoms. The van der Waals surface area contributed by atoms with Crippen molar-refractivity contribution >= 4 is 16.9 Å². The number of carbonyl (C=O) groups excluding carboxylic acids is 1. The molecule has 2 heterocycles. The number of hydrogen-bond donors (Lipinski definition) is 1. The minimum atomic E-state index is -0.0775. The molecule has 110 valence electrons. The maximum Gasteiger partial charge on any atom is 0.287 e. The van der Waals surface area contributed by atoms with Gasteiger partial charge in [-0.15, -0.1) is 0 Å². The van der Waals surface area contributed by atoms with Gasteiger partial charge >= 0.3 is 0 Å². The third-order valence-electron chi connectivity index (χ3n) is 4.67. The van der Waals surface area contributed by atoms with Crippen LogP contribution < -0.4 is 5.32 Å². The quantitative estimate of drug-likeness (QED) is 0.942. The number of fused-ring (bicyclic) bond motifs is 1. The van der Waals surface area contributed by atoms with E-state index in [2.05, 4.69) is 10.2 Å². The van der Waals surface area contributed by atoms with Crippen LogP contribution in [0.15, 0.2) is 28.7 Å². The lowest BCUT2D eigenvalue weighted by Crippen LogP contribution is -2.37. The summed E-state index contributed by atoms with van der Waals surface area (Å²) < 4.78 is 5.73. The number of rotatable bonds is 3. The Bertz CT molecular complexity index is 687. The predicted octanol–water partition coefficient (Wildman–Crippen LogP) is 2.71. The standard InChI is InChI=1S/C17H20N2O2/c1-11-14-4-2-3-5-15(14)21-16(11)17(20)18-12-8-9-19(10-12)13-6-7-13/h2-5,12-13H,6-10H2,1H3,(H,18,20). The molecule has 0 radical (unpaired) electrons. The molecule has 1 aromatic carbocycles. The molecule has 1 saturated heterocycles. The van der Waals surface area contributed by atoms with Gasteiger partial charge in [-0.05, 0) is 32.3 Å². The Morgan fingerprint density at radius 1 is 1.29 bits per heavy atom. The summed E-state index contributed by atoms with van der Waals surface area (Å²) in [5, 5.41) is 4.16. The van der Waals surface area contributed by atoms with Crippen molar-refractivity contribution in [1.82, 2.24) is 10.2 Å². The summed E-state index contributed by atoms with van der Waals surface area (Å²) in [7, 11) is 0. The van der Waals surface area contributed by atoms with Crippen molar-refractivity contribution in [2.24, 2.45) is 0 Å². The lowest BCUT2D eigenvalue weighted by molar-refractivity contribution is 0.0911. The largest absolute Gasteiger partial charge is 0.451 e. The molecule has 4 nitrogen and oxygen atoms in total. The molecule has 1 N–H and O–H groups in total. The number of carbonyl (C=O) groups is 1. The molecule has 1 aliphatic heterocycles. The molecular formula is C17H20N2O2. The molecule has 1 saturated carbocycles. The van der Waals surface area contributed by atoms with E-state index >= 15 is 0 Å². The summed E-state index contributed by atoms with van der Waals surface area (Å²) in [6, 6.07) is 8.83. The maximum absolute atomic E-state index is 12.5. The van der Waals surface area contributed by atoms with Gasteiger partial charge < -0.3 is 9.73 Å². The van der Waals surface area contributed by atoms with E-state index in [4.69, 9.17) is 4.42 Å². The first-order chi connectivity index (χ1) is 10.2. The van der Waals surface area contributed by atoms with Crippen LogP contribution >= 0.6 is 0 Å². The van der Waals surface area contributed by atoms with Gasteiger partial charge in [0.1, 0.15) is 5.58 Å². The summed E-state index contributed by atoms with van der Waals surface area (Å²) >= 11 is 0. The molecule has 1 aliphatic carbocycles. The normalized spacial score (nSPS) is 22.8. The first-order valence-electron chi connectivity index (χ1n) is 7.75. The number of amides is 1. The number of hydrogen-bond acceptors (Lipinski definition) is 3. The molecule has 2 aliphatic rings. The fourth-order valence-electron chi connectivity index (χ4n) is 3.32. The summed E-state index contributed by atoms with van der Waals surface area (Å²) in [6.45, 7) is 4.04. The number of aryl methyl sites for hydroxylation is 1. The van der Waals surface area contributed by atoms with Gasteiger partial charge in [-0.25, -0.2) is 0 Å². The van der Waals surface area contributed by atoms with E-state index in [1.54, 1.807) is 0 Å². The maximum atomic E-state index is 12.5. The van der Waals surface area contributed by atoms with Crippen molar-refractivity contribution in [3.05, 3.63) is 35.6 Å². The molecule has 1 unspecified atom stereocenters. The van der Waals surface area contributed by atoms with Crippen LogP contribution in [0.4, 0.5) is 0 Å². The van der Waals surface area contributed by atoms with Gasteiger partial charge in [-0.2, -0.15) is 0 Å². The number of furan rings is 1. The van der Waals surface area contributed by atoms with Crippen molar-refractivity contribution in [2.75, 3.05) is 13.1 Å². The Morgan fingerprint density at radius 3 is 2.86 bits per heavy atom. The van der Waals surface area contributed by atoms with E-state index in [1.165, 1.54) is 12.8 Å². The Balaban J connectivity index is 1.50. The van der Waals surface area contributed by atoms with Crippen LogP contribution in [0.25, 0.3) is 11.0 Å². The fraction of sp³-hybridized carbons (Fsp3) is 0.471. The van der Waals surface area contributed by atoms with Gasteiger partial charge in [0.2, 0.25) is 0 Å². The number of nitrogens with one attached hydrogen (secondary N) is 1. The third-order valence-corrected chi connectivity index (χ3v) is 4.67. The van der Waals surface area contributed by atoms with Gasteiger partial charge in [0.05, 0.1) is 0 Å². The van der Waals surface area contributed by atoms with E-state index in [-0.39, 0.29) is 11.9 Å². The molecule has 4 heteroatoms. The van der Waals surface area contributed by atoms with Crippen LogP contribution in [0.3, 0.4) is 0 Å². The molecule has 1 amide bonds. The Hall–Kier alpha value is -1.81. The number of nitrogens with zero attached hydrogens (tertiary/aromatic N) is 1. The Labute approximate surface area is 124 Å². The van der Waals surface area contributed by atoms with E-state index in [9.17, 15) is 4.79 Å². The van der Waals surface area contributed by atoms with E-state index in [0.29, 0.717) is 5.76 Å². The van der Waals surface area contributed by atoms with Crippen LogP contribution in [0, 0.1) is 6.92 Å². The molecule has 2 aromatic rings. The summed E-state index contributed by atoms with van der Waals surface area (Å²) in [5.41, 5.74) is 1.71. The van der Waals surface area contributed by atoms with Crippen LogP contribution in [0.2, 0.25) is 0 Å². The summed E-state index contributed by atoms with van der Waals surface area (Å²) in [5.74, 6) is 0.382. The summed E-state index contributed by atoms with van der Waals surface area (Å²) in [6.07, 6.45) is 3.69.